The molecule has 0 aromatic heterocycles. The van der Waals surface area contributed by atoms with Gasteiger partial charge in [-0.05, 0) is 66.1 Å². The number of nitro benzene ring substituents is 1. The minimum absolute atomic E-state index is 0.0279. The lowest BCUT2D eigenvalue weighted by molar-refractivity contribution is -0.384. The van der Waals surface area contributed by atoms with E-state index in [9.17, 15) is 24.5 Å². The molecule has 0 radical (unpaired) electrons. The van der Waals surface area contributed by atoms with Gasteiger partial charge in [0.15, 0.2) is 5.75 Å². The van der Waals surface area contributed by atoms with E-state index in [0.29, 0.717) is 24.2 Å². The summed E-state index contributed by atoms with van der Waals surface area (Å²) in [7, 11) is 0. The van der Waals surface area contributed by atoms with E-state index in [1.165, 1.54) is 18.2 Å². The lowest BCUT2D eigenvalue weighted by Gasteiger charge is -2.22. The molecule has 0 aliphatic carbocycles. The Kier molecular flexibility index (Phi) is 8.73. The molecule has 2 aromatic rings. The molecule has 2 saturated heterocycles. The highest BCUT2D eigenvalue weighted by Crippen LogP contribution is 2.38. The molecule has 0 bridgehead atoms. The van der Waals surface area contributed by atoms with E-state index >= 15 is 0 Å². The molecule has 0 saturated carbocycles. The summed E-state index contributed by atoms with van der Waals surface area (Å²) in [4.78, 5) is 51.2. The summed E-state index contributed by atoms with van der Waals surface area (Å²) in [5.74, 6) is -0.551. The predicted molar refractivity (Wildman–Crippen MR) is 142 cm³/mol. The van der Waals surface area contributed by atoms with Crippen molar-refractivity contribution in [2.45, 2.75) is 32.3 Å². The summed E-state index contributed by atoms with van der Waals surface area (Å²) < 4.78 is 5.71. The van der Waals surface area contributed by atoms with Gasteiger partial charge in [-0.15, -0.1) is 0 Å². The Hall–Kier alpha value is -3.08. The molecule has 2 aliphatic rings. The van der Waals surface area contributed by atoms with Crippen LogP contribution >= 0.6 is 35.0 Å². The molecule has 2 fully saturated rings. The first-order valence-corrected chi connectivity index (χ1v) is 13.2. The van der Waals surface area contributed by atoms with Crippen molar-refractivity contribution in [3.63, 3.8) is 0 Å². The summed E-state index contributed by atoms with van der Waals surface area (Å²) in [6.07, 6.45) is 5.48. The van der Waals surface area contributed by atoms with Gasteiger partial charge in [-0.1, -0.05) is 36.0 Å². The van der Waals surface area contributed by atoms with E-state index in [1.807, 2.05) is 0 Å². The summed E-state index contributed by atoms with van der Waals surface area (Å²) in [5, 5.41) is 10.7. The van der Waals surface area contributed by atoms with Gasteiger partial charge < -0.3 is 9.64 Å². The molecule has 9 nitrogen and oxygen atoms in total. The number of rotatable bonds is 7. The minimum Gasteiger partial charge on any atom is -0.486 e. The second kappa shape index (κ2) is 12.0. The molecule has 2 heterocycles. The van der Waals surface area contributed by atoms with E-state index in [2.05, 4.69) is 0 Å². The van der Waals surface area contributed by atoms with E-state index in [4.69, 9.17) is 27.9 Å². The molecule has 194 valence electrons. The number of likely N-dealkylation sites (tertiary alicyclic amines) is 1. The first-order valence-electron chi connectivity index (χ1n) is 11.6. The molecule has 0 spiro atoms. The largest absolute Gasteiger partial charge is 0.486 e. The Morgan fingerprint density at radius 3 is 2.27 bits per heavy atom. The standard InChI is InChI=1S/C25H23Cl2N3O6S/c26-19-11-17(12-20(27)23(19)36-15-16-5-7-18(8-6-16)30(34)35)13-21-24(32)29(25(33)37-21)14-22(31)28-9-3-1-2-4-10-28/h5-8,11-13H,1-4,9-10,14-15H2. The zero-order valence-corrected chi connectivity index (χ0v) is 22.0. The molecule has 0 N–H and O–H groups in total. The number of hydrogen-bond donors (Lipinski definition) is 0. The van der Waals surface area contributed by atoms with Crippen LogP contribution in [0.2, 0.25) is 10.0 Å². The first-order chi connectivity index (χ1) is 17.7. The number of nitro groups is 1. The second-order valence-electron chi connectivity index (χ2n) is 8.59. The lowest BCUT2D eigenvalue weighted by Crippen LogP contribution is -2.42. The van der Waals surface area contributed by atoms with Gasteiger partial charge in [0.1, 0.15) is 13.2 Å². The molecule has 4 rings (SSSR count). The quantitative estimate of drug-likeness (QED) is 0.233. The molecular weight excluding hydrogens is 541 g/mol. The van der Waals surface area contributed by atoms with Crippen molar-refractivity contribution in [1.29, 1.82) is 0 Å². The molecule has 2 aromatic carbocycles. The Balaban J connectivity index is 1.42. The highest BCUT2D eigenvalue weighted by molar-refractivity contribution is 8.18. The first kappa shape index (κ1) is 27.0. The Morgan fingerprint density at radius 2 is 1.68 bits per heavy atom. The van der Waals surface area contributed by atoms with E-state index in [0.717, 1.165) is 42.3 Å². The van der Waals surface area contributed by atoms with Crippen molar-refractivity contribution in [2.24, 2.45) is 0 Å². The van der Waals surface area contributed by atoms with Crippen molar-refractivity contribution >= 4 is 63.8 Å². The summed E-state index contributed by atoms with van der Waals surface area (Å²) in [6.45, 7) is 1.08. The van der Waals surface area contributed by atoms with Crippen LogP contribution in [0.3, 0.4) is 0 Å². The second-order valence-corrected chi connectivity index (χ2v) is 10.4. The maximum Gasteiger partial charge on any atom is 0.294 e. The zero-order valence-electron chi connectivity index (χ0n) is 19.7. The minimum atomic E-state index is -0.538. The van der Waals surface area contributed by atoms with E-state index < -0.39 is 16.1 Å². The third-order valence-electron chi connectivity index (χ3n) is 5.97. The zero-order chi connectivity index (χ0) is 26.5. The number of imide groups is 1. The van der Waals surface area contributed by atoms with Crippen LogP contribution in [0, 0.1) is 10.1 Å². The lowest BCUT2D eigenvalue weighted by atomic mass is 10.2. The number of ether oxygens (including phenoxy) is 1. The number of nitrogens with zero attached hydrogens (tertiary/aromatic N) is 3. The molecule has 12 heteroatoms. The van der Waals surface area contributed by atoms with E-state index in [-0.39, 0.29) is 45.4 Å². The fraction of sp³-hybridized carbons (Fsp3) is 0.320. The number of thioether (sulfide) groups is 1. The average Bonchev–Trinajstić information content (AvgIpc) is 3.04. The molecular formula is C25H23Cl2N3O6S. The van der Waals surface area contributed by atoms with Crippen LogP contribution in [-0.4, -0.2) is 51.4 Å². The van der Waals surface area contributed by atoms with Crippen molar-refractivity contribution < 1.29 is 24.0 Å². The average molecular weight is 564 g/mol. The molecule has 0 unspecified atom stereocenters. The number of benzene rings is 2. The Morgan fingerprint density at radius 1 is 1.05 bits per heavy atom. The Bertz CT molecular complexity index is 1240. The van der Waals surface area contributed by atoms with Crippen LogP contribution in [-0.2, 0) is 16.2 Å². The van der Waals surface area contributed by atoms with Gasteiger partial charge in [0, 0.05) is 25.2 Å². The number of non-ortho nitro benzene ring substituents is 1. The normalized spacial score (nSPS) is 17.3. The van der Waals surface area contributed by atoms with Gasteiger partial charge >= 0.3 is 0 Å². The van der Waals surface area contributed by atoms with Crippen LogP contribution in [0.4, 0.5) is 10.5 Å². The van der Waals surface area contributed by atoms with Crippen LogP contribution in [0.15, 0.2) is 41.3 Å². The van der Waals surface area contributed by atoms with Crippen molar-refractivity contribution in [2.75, 3.05) is 19.6 Å². The fourth-order valence-electron chi connectivity index (χ4n) is 4.01. The maximum atomic E-state index is 12.9. The molecule has 3 amide bonds. The van der Waals surface area contributed by atoms with Crippen LogP contribution in [0.25, 0.3) is 6.08 Å². The Labute approximate surface area is 227 Å². The van der Waals surface area contributed by atoms with Crippen molar-refractivity contribution in [3.05, 3.63) is 72.6 Å². The number of carbonyl (C=O) groups is 3. The van der Waals surface area contributed by atoms with Gasteiger partial charge in [0.05, 0.1) is 19.9 Å². The molecule has 2 aliphatic heterocycles. The highest BCUT2D eigenvalue weighted by atomic mass is 35.5. The maximum absolute atomic E-state index is 12.9. The number of halogens is 2. The van der Waals surface area contributed by atoms with Gasteiger partial charge in [0.25, 0.3) is 16.8 Å². The highest BCUT2D eigenvalue weighted by Gasteiger charge is 2.37. The van der Waals surface area contributed by atoms with Gasteiger partial charge in [-0.2, -0.15) is 0 Å². The smallest absolute Gasteiger partial charge is 0.294 e. The van der Waals surface area contributed by atoms with Gasteiger partial charge in [-0.25, -0.2) is 0 Å². The molecule has 0 atom stereocenters. The van der Waals surface area contributed by atoms with Crippen molar-refractivity contribution in [3.8, 4) is 5.75 Å². The third kappa shape index (κ3) is 6.63. The number of carbonyl (C=O) groups excluding carboxylic acids is 3. The van der Waals surface area contributed by atoms with Crippen molar-refractivity contribution in [1.82, 2.24) is 9.80 Å². The van der Waals surface area contributed by atoms with Crippen LogP contribution in [0.5, 0.6) is 5.75 Å². The predicted octanol–water partition coefficient (Wildman–Crippen LogP) is 5.92. The summed E-state index contributed by atoms with van der Waals surface area (Å²) >= 11 is 13.5. The number of hydrogen-bond acceptors (Lipinski definition) is 7. The van der Waals surface area contributed by atoms with Gasteiger partial charge in [-0.3, -0.25) is 29.4 Å². The van der Waals surface area contributed by atoms with Crippen LogP contribution < -0.4 is 4.74 Å². The van der Waals surface area contributed by atoms with E-state index in [1.54, 1.807) is 29.2 Å². The van der Waals surface area contributed by atoms with Gasteiger partial charge in [0.2, 0.25) is 5.91 Å². The monoisotopic (exact) mass is 563 g/mol. The number of amides is 3. The fourth-order valence-corrected chi connectivity index (χ4v) is 5.46. The topological polar surface area (TPSA) is 110 Å². The van der Waals surface area contributed by atoms with Crippen LogP contribution in [0.1, 0.15) is 36.8 Å². The molecule has 37 heavy (non-hydrogen) atoms. The summed E-state index contributed by atoms with van der Waals surface area (Å²) in [6, 6.07) is 8.99. The SMILES string of the molecule is O=C(CN1C(=O)SC(=Cc2cc(Cl)c(OCc3ccc([N+](=O)[O-])cc3)c(Cl)c2)C1=O)N1CCCCCC1. The third-order valence-corrected chi connectivity index (χ3v) is 7.44. The summed E-state index contributed by atoms with van der Waals surface area (Å²) in [5.41, 5.74) is 1.15.